The van der Waals surface area contributed by atoms with Gasteiger partial charge in [-0.3, -0.25) is 24.0 Å². The number of likely N-dealkylation sites (tertiary alicyclic amines) is 1. The Morgan fingerprint density at radius 3 is 2.04 bits per heavy atom. The average molecular weight is 680 g/mol. The van der Waals surface area contributed by atoms with Crippen LogP contribution in [0.5, 0.6) is 17.2 Å². The number of likely N-dealkylation sites (N-methyl/N-ethyl adjacent to an activating group) is 1. The summed E-state index contributed by atoms with van der Waals surface area (Å²) in [5.41, 5.74) is 1.29. The number of nitrogens with zero attached hydrogens (tertiary/aromatic N) is 3. The maximum absolute atomic E-state index is 13.8. The van der Waals surface area contributed by atoms with Crippen molar-refractivity contribution in [2.45, 2.75) is 57.5 Å². The monoisotopic (exact) mass is 679 g/mol. The Kier molecular flexibility index (Phi) is 13.3. The van der Waals surface area contributed by atoms with E-state index in [-0.39, 0.29) is 48.3 Å². The number of nitrogens with one attached hydrogen (secondary N) is 2. The molecule has 2 aromatic carbocycles. The van der Waals surface area contributed by atoms with Crippen LogP contribution in [0, 0.1) is 5.92 Å². The smallest absolute Gasteiger partial charge is 0.254 e. The molecule has 266 valence electrons. The molecule has 2 atom stereocenters. The van der Waals surface area contributed by atoms with Crippen LogP contribution in [0.15, 0.2) is 42.5 Å². The van der Waals surface area contributed by atoms with E-state index in [0.717, 1.165) is 5.56 Å². The summed E-state index contributed by atoms with van der Waals surface area (Å²) in [6.07, 6.45) is 2.32. The van der Waals surface area contributed by atoms with E-state index in [1.165, 1.54) is 19.1 Å². The molecule has 2 fully saturated rings. The Labute approximate surface area is 288 Å². The number of benzene rings is 2. The van der Waals surface area contributed by atoms with E-state index in [4.69, 9.17) is 14.2 Å². The first kappa shape index (κ1) is 37.0. The topological polar surface area (TPSA) is 147 Å². The van der Waals surface area contributed by atoms with E-state index >= 15 is 0 Å². The number of methoxy groups -OCH3 is 3. The predicted molar refractivity (Wildman–Crippen MR) is 182 cm³/mol. The van der Waals surface area contributed by atoms with Crippen molar-refractivity contribution in [3.8, 4) is 17.2 Å². The number of carbonyl (C=O) groups excluding carboxylic acids is 5. The summed E-state index contributed by atoms with van der Waals surface area (Å²) >= 11 is 0. The standard InChI is InChI=1S/C36H49N5O8/c1-24-33(43)37-15-7-17-40(16-6-8-32(42)38-31(36(46)39(24)2)20-25-9-11-28(47-3)12-10-25)34(44)26-13-18-41(19-14-26)35(45)27-21-29(48-4)23-30(22-27)49-5/h9-12,21-24,26,31H,6-8,13-20H2,1-5H3,(H,37,43)(H,38,42)/t24-,31-/m0/s1. The van der Waals surface area contributed by atoms with Crippen LogP contribution in [-0.2, 0) is 25.6 Å². The molecule has 0 aromatic heterocycles. The third kappa shape index (κ3) is 9.86. The zero-order valence-electron chi connectivity index (χ0n) is 29.2. The minimum atomic E-state index is -0.880. The van der Waals surface area contributed by atoms with Gasteiger partial charge in [0.25, 0.3) is 5.91 Å². The van der Waals surface area contributed by atoms with E-state index in [1.807, 2.05) is 12.1 Å². The fourth-order valence-corrected chi connectivity index (χ4v) is 6.17. The molecule has 0 unspecified atom stereocenters. The molecule has 2 saturated heterocycles. The van der Waals surface area contributed by atoms with Gasteiger partial charge in [0.15, 0.2) is 0 Å². The molecule has 0 bridgehead atoms. The molecule has 49 heavy (non-hydrogen) atoms. The first-order chi connectivity index (χ1) is 23.5. The number of hydrogen-bond acceptors (Lipinski definition) is 8. The second kappa shape index (κ2) is 17.5. The highest BCUT2D eigenvalue weighted by Crippen LogP contribution is 2.26. The molecule has 0 saturated carbocycles. The van der Waals surface area contributed by atoms with Gasteiger partial charge in [-0.15, -0.1) is 0 Å². The lowest BCUT2D eigenvalue weighted by Gasteiger charge is -2.34. The number of hydrogen-bond donors (Lipinski definition) is 2. The van der Waals surface area contributed by atoms with Gasteiger partial charge in [-0.2, -0.15) is 0 Å². The summed E-state index contributed by atoms with van der Waals surface area (Å²) in [4.78, 5) is 71.7. The fourth-order valence-electron chi connectivity index (χ4n) is 6.17. The van der Waals surface area contributed by atoms with E-state index in [9.17, 15) is 24.0 Å². The Hall–Kier alpha value is -4.81. The van der Waals surface area contributed by atoms with Crippen molar-refractivity contribution in [3.05, 3.63) is 53.6 Å². The number of amides is 5. The maximum atomic E-state index is 13.8. The van der Waals surface area contributed by atoms with Gasteiger partial charge in [-0.05, 0) is 62.4 Å². The van der Waals surface area contributed by atoms with Crippen molar-refractivity contribution in [2.24, 2.45) is 5.92 Å². The van der Waals surface area contributed by atoms with Gasteiger partial charge in [0.05, 0.1) is 21.3 Å². The molecule has 2 aromatic rings. The highest BCUT2D eigenvalue weighted by atomic mass is 16.5. The third-order valence-corrected chi connectivity index (χ3v) is 9.32. The molecule has 0 aliphatic carbocycles. The normalized spacial score (nSPS) is 20.4. The zero-order chi connectivity index (χ0) is 35.5. The predicted octanol–water partition coefficient (Wildman–Crippen LogP) is 2.27. The van der Waals surface area contributed by atoms with Crippen molar-refractivity contribution in [1.29, 1.82) is 0 Å². The third-order valence-electron chi connectivity index (χ3n) is 9.32. The van der Waals surface area contributed by atoms with Gasteiger partial charge in [-0.1, -0.05) is 12.1 Å². The second-order valence-corrected chi connectivity index (χ2v) is 12.5. The van der Waals surface area contributed by atoms with Crippen LogP contribution >= 0.6 is 0 Å². The molecule has 4 rings (SSSR count). The van der Waals surface area contributed by atoms with Gasteiger partial charge in [-0.25, -0.2) is 0 Å². The van der Waals surface area contributed by atoms with Crippen molar-refractivity contribution >= 4 is 29.5 Å². The highest BCUT2D eigenvalue weighted by molar-refractivity contribution is 5.95. The molecule has 5 amide bonds. The molecular weight excluding hydrogens is 630 g/mol. The van der Waals surface area contributed by atoms with E-state index < -0.39 is 12.1 Å². The molecule has 2 aliphatic rings. The Morgan fingerprint density at radius 1 is 0.816 bits per heavy atom. The lowest BCUT2D eigenvalue weighted by molar-refractivity contribution is -0.141. The van der Waals surface area contributed by atoms with Gasteiger partial charge < -0.3 is 39.5 Å². The van der Waals surface area contributed by atoms with Gasteiger partial charge >= 0.3 is 0 Å². The Balaban J connectivity index is 1.41. The molecule has 0 radical (unpaired) electrons. The summed E-state index contributed by atoms with van der Waals surface area (Å²) < 4.78 is 15.9. The summed E-state index contributed by atoms with van der Waals surface area (Å²) in [5.74, 6) is 0.296. The number of carbonyl (C=O) groups is 5. The Bertz CT molecular complexity index is 1450. The van der Waals surface area contributed by atoms with Gasteiger partial charge in [0, 0.05) is 70.2 Å². The largest absolute Gasteiger partial charge is 0.497 e. The fraction of sp³-hybridized carbons (Fsp3) is 0.528. The first-order valence-corrected chi connectivity index (χ1v) is 16.8. The number of rotatable bonds is 7. The SMILES string of the molecule is COc1ccc(C[C@@H]2NC(=O)CCCN(C(=O)C3CCN(C(=O)c4cc(OC)cc(OC)c4)CC3)CCCNC(=O)[C@H](C)N(C)C2=O)cc1. The van der Waals surface area contributed by atoms with Crippen LogP contribution in [0.1, 0.15) is 54.9 Å². The van der Waals surface area contributed by atoms with E-state index in [0.29, 0.717) is 81.2 Å². The minimum Gasteiger partial charge on any atom is -0.497 e. The second-order valence-electron chi connectivity index (χ2n) is 12.5. The van der Waals surface area contributed by atoms with Crippen molar-refractivity contribution < 1.29 is 38.2 Å². The lowest BCUT2D eigenvalue weighted by Crippen LogP contribution is -2.54. The summed E-state index contributed by atoms with van der Waals surface area (Å²) in [6, 6.07) is 10.7. The van der Waals surface area contributed by atoms with Crippen molar-refractivity contribution in [3.63, 3.8) is 0 Å². The first-order valence-electron chi connectivity index (χ1n) is 16.8. The Morgan fingerprint density at radius 2 is 1.43 bits per heavy atom. The maximum Gasteiger partial charge on any atom is 0.254 e. The molecule has 0 spiro atoms. The van der Waals surface area contributed by atoms with Crippen molar-refractivity contribution in [2.75, 3.05) is 61.1 Å². The molecule has 2 heterocycles. The number of piperidine rings is 1. The van der Waals surface area contributed by atoms with Crippen molar-refractivity contribution in [1.82, 2.24) is 25.3 Å². The quantitative estimate of drug-likeness (QED) is 0.454. The van der Waals surface area contributed by atoms with Crippen LogP contribution in [0.3, 0.4) is 0 Å². The summed E-state index contributed by atoms with van der Waals surface area (Å²) in [5, 5.41) is 5.77. The van der Waals surface area contributed by atoms with E-state index in [1.54, 1.807) is 61.2 Å². The molecule has 13 nitrogen and oxygen atoms in total. The number of ether oxygens (including phenoxy) is 3. The lowest BCUT2D eigenvalue weighted by atomic mass is 9.94. The zero-order valence-corrected chi connectivity index (χ0v) is 29.2. The van der Waals surface area contributed by atoms with Gasteiger partial charge in [0.1, 0.15) is 29.3 Å². The van der Waals surface area contributed by atoms with Crippen LogP contribution in [0.25, 0.3) is 0 Å². The molecule has 13 heteroatoms. The molecule has 2 aliphatic heterocycles. The summed E-state index contributed by atoms with van der Waals surface area (Å²) in [6.45, 7) is 3.60. The van der Waals surface area contributed by atoms with Crippen LogP contribution in [0.2, 0.25) is 0 Å². The van der Waals surface area contributed by atoms with Crippen LogP contribution in [-0.4, -0.2) is 117 Å². The van der Waals surface area contributed by atoms with E-state index in [2.05, 4.69) is 10.6 Å². The summed E-state index contributed by atoms with van der Waals surface area (Å²) in [7, 11) is 6.19. The minimum absolute atomic E-state index is 0.0214. The molecule has 2 N–H and O–H groups in total. The van der Waals surface area contributed by atoms with Crippen LogP contribution in [0.4, 0.5) is 0 Å². The van der Waals surface area contributed by atoms with Gasteiger partial charge in [0.2, 0.25) is 23.6 Å². The van der Waals surface area contributed by atoms with Crippen LogP contribution < -0.4 is 24.8 Å². The highest BCUT2D eigenvalue weighted by Gasteiger charge is 2.32. The molecular formula is C36H49N5O8. The average Bonchev–Trinajstić information content (AvgIpc) is 3.13.